The molecule has 33 heavy (non-hydrogen) atoms. The van der Waals surface area contributed by atoms with E-state index in [-0.39, 0.29) is 16.6 Å². The molecule has 0 spiro atoms. The summed E-state index contributed by atoms with van der Waals surface area (Å²) in [6.07, 6.45) is 1.55. The third-order valence-electron chi connectivity index (χ3n) is 5.96. The molecule has 3 heterocycles. The number of benzene rings is 1. The van der Waals surface area contributed by atoms with Gasteiger partial charge in [-0.15, -0.1) is 0 Å². The van der Waals surface area contributed by atoms with Crippen LogP contribution in [0.25, 0.3) is 0 Å². The Hall–Kier alpha value is -2.63. The molecule has 3 aliphatic rings. The fourth-order valence-electron chi connectivity index (χ4n) is 4.18. The highest BCUT2D eigenvalue weighted by Crippen LogP contribution is 2.29. The number of rotatable bonds is 7. The lowest BCUT2D eigenvalue weighted by Crippen LogP contribution is -2.47. The van der Waals surface area contributed by atoms with Crippen LogP contribution in [0.1, 0.15) is 32.3 Å². The van der Waals surface area contributed by atoms with Crippen LogP contribution in [0, 0.1) is 0 Å². The Labute approximate surface area is 194 Å². The molecule has 4 rings (SSSR count). The number of carbonyl (C=O) groups is 1. The smallest absolute Gasteiger partial charge is 0.278 e. The van der Waals surface area contributed by atoms with Gasteiger partial charge in [0.25, 0.3) is 5.91 Å². The molecule has 1 aromatic carbocycles. The van der Waals surface area contributed by atoms with Crippen molar-refractivity contribution in [2.45, 2.75) is 37.6 Å². The van der Waals surface area contributed by atoms with Gasteiger partial charge in [-0.25, -0.2) is 13.4 Å². The van der Waals surface area contributed by atoms with Crippen LogP contribution in [-0.4, -0.2) is 98.7 Å². The van der Waals surface area contributed by atoms with Crippen LogP contribution in [0.5, 0.6) is 5.75 Å². The Balaban J connectivity index is 1.75. The van der Waals surface area contributed by atoms with Gasteiger partial charge in [0.15, 0.2) is 11.9 Å². The first-order chi connectivity index (χ1) is 15.8. The highest BCUT2D eigenvalue weighted by Gasteiger charge is 2.40. The average molecular weight is 475 g/mol. The molecule has 0 N–H and O–H groups in total. The summed E-state index contributed by atoms with van der Waals surface area (Å²) in [4.78, 5) is 24.0. The summed E-state index contributed by atoms with van der Waals surface area (Å²) >= 11 is 0. The molecule has 1 fully saturated rings. The molecule has 1 amide bonds. The van der Waals surface area contributed by atoms with Crippen molar-refractivity contribution in [2.75, 3.05) is 46.9 Å². The molecule has 0 aliphatic carbocycles. The molecule has 1 saturated heterocycles. The third-order valence-corrected chi connectivity index (χ3v) is 7.86. The number of piperazine rings is 1. The van der Waals surface area contributed by atoms with E-state index in [1.54, 1.807) is 18.1 Å². The zero-order valence-corrected chi connectivity index (χ0v) is 20.3. The first kappa shape index (κ1) is 23.5. The molecule has 10 nitrogen and oxygen atoms in total. The van der Waals surface area contributed by atoms with Gasteiger partial charge in [0, 0.05) is 33.2 Å². The largest absolute Gasteiger partial charge is 0.493 e. The van der Waals surface area contributed by atoms with Gasteiger partial charge in [0.05, 0.1) is 22.8 Å². The highest BCUT2D eigenvalue weighted by molar-refractivity contribution is 7.89. The van der Waals surface area contributed by atoms with E-state index in [1.807, 2.05) is 20.9 Å². The molecular formula is C22H30N6O4S. The number of hydrogen-bond donors (Lipinski definition) is 0. The summed E-state index contributed by atoms with van der Waals surface area (Å²) in [6, 6.07) is 4.03. The van der Waals surface area contributed by atoms with Gasteiger partial charge in [0.1, 0.15) is 11.5 Å². The number of fused-ring (bicyclic) bond motifs is 1. The quantitative estimate of drug-likeness (QED) is 0.588. The first-order valence-corrected chi connectivity index (χ1v) is 12.7. The number of hydrazone groups is 1. The van der Waals surface area contributed by atoms with Gasteiger partial charge in [-0.3, -0.25) is 9.80 Å². The summed E-state index contributed by atoms with van der Waals surface area (Å²) < 4.78 is 33.9. The molecule has 1 atom stereocenters. The van der Waals surface area contributed by atoms with Crippen LogP contribution in [0.2, 0.25) is 0 Å². The molecular weight excluding hydrogens is 444 g/mol. The maximum Gasteiger partial charge on any atom is 0.278 e. The number of carbonyl (C=O) groups excluding carboxylic acids is 1. The first-order valence-electron chi connectivity index (χ1n) is 11.2. The van der Waals surface area contributed by atoms with Crippen molar-refractivity contribution < 1.29 is 17.9 Å². The molecule has 0 aromatic heterocycles. The lowest BCUT2D eigenvalue weighted by molar-refractivity contribution is -0.120. The van der Waals surface area contributed by atoms with Crippen LogP contribution < -0.4 is 4.74 Å². The lowest BCUT2D eigenvalue weighted by atomic mass is 10.0. The number of amides is 1. The van der Waals surface area contributed by atoms with Crippen molar-refractivity contribution in [1.29, 1.82) is 0 Å². The summed E-state index contributed by atoms with van der Waals surface area (Å²) in [5.41, 5.74) is 1.71. The number of amidine groups is 1. The normalized spacial score (nSPS) is 22.1. The minimum Gasteiger partial charge on any atom is -0.493 e. The Kier molecular flexibility index (Phi) is 6.64. The molecule has 178 valence electrons. The van der Waals surface area contributed by atoms with Gasteiger partial charge < -0.3 is 9.64 Å². The minimum absolute atomic E-state index is 0.133. The van der Waals surface area contributed by atoms with Crippen LogP contribution in [0.15, 0.2) is 38.2 Å². The maximum atomic E-state index is 13.3. The lowest BCUT2D eigenvalue weighted by Gasteiger charge is -2.31. The van der Waals surface area contributed by atoms with E-state index in [1.165, 1.54) is 16.4 Å². The van der Waals surface area contributed by atoms with E-state index in [2.05, 4.69) is 20.0 Å². The van der Waals surface area contributed by atoms with Crippen molar-refractivity contribution in [1.82, 2.24) is 14.2 Å². The zero-order valence-electron chi connectivity index (χ0n) is 19.5. The molecule has 3 aliphatic heterocycles. The van der Waals surface area contributed by atoms with E-state index in [4.69, 9.17) is 4.74 Å². The van der Waals surface area contributed by atoms with E-state index in [0.29, 0.717) is 56.2 Å². The monoisotopic (exact) mass is 474 g/mol. The van der Waals surface area contributed by atoms with Crippen LogP contribution in [0.3, 0.4) is 0 Å². The van der Waals surface area contributed by atoms with Gasteiger partial charge >= 0.3 is 0 Å². The van der Waals surface area contributed by atoms with E-state index >= 15 is 0 Å². The van der Waals surface area contributed by atoms with Crippen molar-refractivity contribution >= 4 is 33.2 Å². The highest BCUT2D eigenvalue weighted by atomic mass is 32.2. The third kappa shape index (κ3) is 4.44. The van der Waals surface area contributed by atoms with E-state index in [9.17, 15) is 13.2 Å². The zero-order chi connectivity index (χ0) is 23.8. The number of likely N-dealkylation sites (N-methyl/N-ethyl adjacent to an activating group) is 2. The Morgan fingerprint density at radius 2 is 1.82 bits per heavy atom. The molecule has 0 saturated carbocycles. The second kappa shape index (κ2) is 9.32. The summed E-state index contributed by atoms with van der Waals surface area (Å²) in [7, 11) is -0.00212. The fraction of sp³-hybridized carbons (Fsp3) is 0.545. The molecule has 1 aromatic rings. The predicted molar refractivity (Wildman–Crippen MR) is 127 cm³/mol. The van der Waals surface area contributed by atoms with Crippen molar-refractivity contribution in [3.05, 3.63) is 23.8 Å². The average Bonchev–Trinajstić information content (AvgIpc) is 3.10. The number of nitrogens with zero attached hydrogens (tertiary/aromatic N) is 6. The van der Waals surface area contributed by atoms with Crippen LogP contribution in [-0.2, 0) is 14.8 Å². The van der Waals surface area contributed by atoms with Crippen molar-refractivity contribution in [3.63, 3.8) is 0 Å². The Morgan fingerprint density at radius 3 is 2.48 bits per heavy atom. The Morgan fingerprint density at radius 1 is 1.09 bits per heavy atom. The summed E-state index contributed by atoms with van der Waals surface area (Å²) in [6.45, 7) is 6.45. The van der Waals surface area contributed by atoms with Crippen LogP contribution in [0.4, 0.5) is 0 Å². The summed E-state index contributed by atoms with van der Waals surface area (Å²) in [5, 5.41) is 6.06. The van der Waals surface area contributed by atoms with E-state index in [0.717, 1.165) is 12.1 Å². The van der Waals surface area contributed by atoms with Crippen LogP contribution >= 0.6 is 0 Å². The summed E-state index contributed by atoms with van der Waals surface area (Å²) in [5.74, 6) is 0.218. The number of hydrogen-bond acceptors (Lipinski definition) is 8. The molecule has 11 heteroatoms. The van der Waals surface area contributed by atoms with Gasteiger partial charge in [-0.2, -0.15) is 14.4 Å². The second-order valence-corrected chi connectivity index (χ2v) is 10.3. The predicted octanol–water partition coefficient (Wildman–Crippen LogP) is 1.22. The minimum atomic E-state index is -3.71. The van der Waals surface area contributed by atoms with Gasteiger partial charge in [0.2, 0.25) is 10.0 Å². The van der Waals surface area contributed by atoms with Crippen molar-refractivity contribution in [3.8, 4) is 5.75 Å². The molecule has 0 bridgehead atoms. The fourth-order valence-corrected chi connectivity index (χ4v) is 5.63. The topological polar surface area (TPSA) is 107 Å². The molecule has 0 radical (unpaired) electrons. The SMILES string of the molecule is CCCC1=NN(C)[C@@H]2C(=O)N=C(c3cc(S(=O)(=O)N4CCN(C)CC4)ccc3OCC)N=C12. The number of aliphatic imine (C=N–C) groups is 2. The second-order valence-electron chi connectivity index (χ2n) is 8.34. The van der Waals surface area contributed by atoms with E-state index < -0.39 is 16.1 Å². The van der Waals surface area contributed by atoms with Gasteiger partial charge in [-0.05, 0) is 38.6 Å². The van der Waals surface area contributed by atoms with Crippen molar-refractivity contribution in [2.24, 2.45) is 15.1 Å². The standard InChI is InChI=1S/C22H30N6O4S/c1-5-7-17-19-20(27(4)25-17)22(29)24-21(23-19)16-14-15(8-9-18(16)32-6-2)33(30,31)28-12-10-26(3)11-13-28/h8-9,14,20H,5-7,10-13H2,1-4H3/t20-/m0/s1. The number of ether oxygens (including phenoxy) is 1. The molecule has 0 unspecified atom stereocenters. The van der Waals surface area contributed by atoms with Gasteiger partial charge in [-0.1, -0.05) is 13.3 Å². The Bertz CT molecular complexity index is 1140. The maximum absolute atomic E-state index is 13.3. The number of sulfonamides is 1.